The van der Waals surface area contributed by atoms with Crippen molar-refractivity contribution in [2.75, 3.05) is 12.4 Å². The second kappa shape index (κ2) is 7.94. The number of amides is 2. The van der Waals surface area contributed by atoms with E-state index in [0.29, 0.717) is 0 Å². The van der Waals surface area contributed by atoms with Crippen LogP contribution in [0.5, 0.6) is 5.75 Å². The first kappa shape index (κ1) is 20.0. The van der Waals surface area contributed by atoms with Gasteiger partial charge in [0, 0.05) is 5.69 Å². The highest BCUT2D eigenvalue weighted by atomic mass is 19.4. The van der Waals surface area contributed by atoms with Crippen molar-refractivity contribution in [3.63, 3.8) is 0 Å². The third-order valence-corrected chi connectivity index (χ3v) is 3.28. The summed E-state index contributed by atoms with van der Waals surface area (Å²) >= 11 is 0. The van der Waals surface area contributed by atoms with E-state index in [-0.39, 0.29) is 11.4 Å². The summed E-state index contributed by atoms with van der Waals surface area (Å²) in [4.78, 5) is 24.0. The number of alkyl halides is 3. The third-order valence-electron chi connectivity index (χ3n) is 3.28. The molecule has 0 saturated carbocycles. The number of urea groups is 1. The number of nitrogens with one attached hydrogen (secondary N) is 2. The first-order valence-electron chi connectivity index (χ1n) is 7.42. The largest absolute Gasteiger partial charge is 0.464 e. The molecule has 1 unspecified atom stereocenters. The fraction of sp³-hybridized carbons (Fsp3) is 0.176. The van der Waals surface area contributed by atoms with Crippen LogP contribution >= 0.6 is 0 Å². The van der Waals surface area contributed by atoms with E-state index in [4.69, 9.17) is 4.74 Å². The van der Waals surface area contributed by atoms with E-state index in [0.717, 1.165) is 31.4 Å². The summed E-state index contributed by atoms with van der Waals surface area (Å²) in [5.74, 6) is -2.82. The third kappa shape index (κ3) is 4.66. The molecule has 0 saturated heterocycles. The highest BCUT2D eigenvalue weighted by Crippen LogP contribution is 2.34. The van der Waals surface area contributed by atoms with Gasteiger partial charge in [0.05, 0.1) is 7.11 Å². The number of rotatable bonds is 5. The summed E-state index contributed by atoms with van der Waals surface area (Å²) in [5, 5.41) is 3.52. The number of carbonyl (C=O) groups excluding carboxylic acids is 2. The molecule has 0 heterocycles. The Morgan fingerprint density at radius 3 is 2.07 bits per heavy atom. The van der Waals surface area contributed by atoms with Crippen LogP contribution in [0.1, 0.15) is 0 Å². The smallest absolute Gasteiger partial charge is 0.460 e. The van der Waals surface area contributed by atoms with Gasteiger partial charge in [-0.3, -0.25) is 5.32 Å². The van der Waals surface area contributed by atoms with Crippen LogP contribution in [0, 0.1) is 5.82 Å². The SMILES string of the molecule is COC(=O)C(NC(=O)Nc1ccc(F)cc1)(Oc1ccccc1)C(F)(F)F. The Morgan fingerprint density at radius 2 is 1.56 bits per heavy atom. The molecule has 144 valence electrons. The molecular formula is C17H14F4N2O4. The molecule has 1 atom stereocenters. The van der Waals surface area contributed by atoms with E-state index in [1.165, 1.54) is 35.6 Å². The molecule has 0 aliphatic carbocycles. The number of benzene rings is 2. The van der Waals surface area contributed by atoms with E-state index in [2.05, 4.69) is 10.1 Å². The van der Waals surface area contributed by atoms with E-state index in [1.807, 2.05) is 0 Å². The number of anilines is 1. The number of methoxy groups -OCH3 is 1. The van der Waals surface area contributed by atoms with Crippen molar-refractivity contribution < 1.29 is 36.6 Å². The van der Waals surface area contributed by atoms with Crippen LogP contribution in [-0.2, 0) is 9.53 Å². The van der Waals surface area contributed by atoms with Crippen molar-refractivity contribution in [2.24, 2.45) is 0 Å². The van der Waals surface area contributed by atoms with Crippen molar-refractivity contribution in [1.29, 1.82) is 0 Å². The zero-order chi connectivity index (χ0) is 20.1. The van der Waals surface area contributed by atoms with Gasteiger partial charge in [0.1, 0.15) is 11.6 Å². The highest BCUT2D eigenvalue weighted by molar-refractivity contribution is 5.94. The molecule has 0 aliphatic rings. The van der Waals surface area contributed by atoms with E-state index in [9.17, 15) is 27.2 Å². The number of ether oxygens (including phenoxy) is 2. The van der Waals surface area contributed by atoms with Gasteiger partial charge >= 0.3 is 23.9 Å². The predicted molar refractivity (Wildman–Crippen MR) is 86.4 cm³/mol. The topological polar surface area (TPSA) is 76.7 Å². The number of hydrogen-bond donors (Lipinski definition) is 2. The van der Waals surface area contributed by atoms with Crippen LogP contribution in [0.15, 0.2) is 54.6 Å². The summed E-state index contributed by atoms with van der Waals surface area (Å²) in [6.45, 7) is 0. The van der Waals surface area contributed by atoms with Gasteiger partial charge in [0.25, 0.3) is 0 Å². The molecule has 2 amide bonds. The molecule has 0 aliphatic heterocycles. The minimum absolute atomic E-state index is 0.00504. The van der Waals surface area contributed by atoms with Gasteiger partial charge in [-0.15, -0.1) is 0 Å². The van der Waals surface area contributed by atoms with Crippen molar-refractivity contribution in [3.05, 3.63) is 60.4 Å². The summed E-state index contributed by atoms with van der Waals surface area (Å²) in [6.07, 6.45) is -5.37. The van der Waals surface area contributed by atoms with Crippen LogP contribution in [0.2, 0.25) is 0 Å². The summed E-state index contributed by atoms with van der Waals surface area (Å²) in [7, 11) is 0.719. The van der Waals surface area contributed by atoms with Gasteiger partial charge < -0.3 is 14.8 Å². The van der Waals surface area contributed by atoms with E-state index < -0.39 is 29.7 Å². The monoisotopic (exact) mass is 386 g/mol. The molecule has 2 aromatic carbocycles. The van der Waals surface area contributed by atoms with Gasteiger partial charge in [0.2, 0.25) is 0 Å². The summed E-state index contributed by atoms with van der Waals surface area (Å²) in [6, 6.07) is 9.45. The zero-order valence-corrected chi connectivity index (χ0v) is 13.8. The lowest BCUT2D eigenvalue weighted by Crippen LogP contribution is -2.68. The van der Waals surface area contributed by atoms with Crippen LogP contribution in [-0.4, -0.2) is 31.0 Å². The molecule has 6 nitrogen and oxygen atoms in total. The van der Waals surface area contributed by atoms with Gasteiger partial charge in [-0.2, -0.15) is 13.2 Å². The zero-order valence-electron chi connectivity index (χ0n) is 13.8. The molecule has 10 heteroatoms. The second-order valence-electron chi connectivity index (χ2n) is 5.17. The fourth-order valence-electron chi connectivity index (χ4n) is 2.03. The normalized spacial score (nSPS) is 13.2. The molecule has 0 fully saturated rings. The number of para-hydroxylation sites is 1. The maximum absolute atomic E-state index is 13.7. The Balaban J connectivity index is 2.34. The van der Waals surface area contributed by atoms with E-state index in [1.54, 1.807) is 0 Å². The lowest BCUT2D eigenvalue weighted by Gasteiger charge is -2.33. The second-order valence-corrected chi connectivity index (χ2v) is 5.17. The molecule has 0 bridgehead atoms. The Labute approximate surface area is 151 Å². The van der Waals surface area contributed by atoms with Crippen LogP contribution in [0.4, 0.5) is 28.0 Å². The molecule has 0 radical (unpaired) electrons. The summed E-state index contributed by atoms with van der Waals surface area (Å²) in [5.41, 5.74) is -3.80. The average molecular weight is 386 g/mol. The summed E-state index contributed by atoms with van der Waals surface area (Å²) < 4.78 is 63.1. The number of esters is 1. The first-order valence-corrected chi connectivity index (χ1v) is 7.42. The van der Waals surface area contributed by atoms with Gasteiger partial charge in [-0.1, -0.05) is 18.2 Å². The van der Waals surface area contributed by atoms with Crippen LogP contribution < -0.4 is 15.4 Å². The molecule has 2 N–H and O–H groups in total. The van der Waals surface area contributed by atoms with Crippen molar-refractivity contribution in [1.82, 2.24) is 5.32 Å². The van der Waals surface area contributed by atoms with Crippen molar-refractivity contribution >= 4 is 17.7 Å². The van der Waals surface area contributed by atoms with Gasteiger partial charge in [0.15, 0.2) is 0 Å². The minimum atomic E-state index is -5.37. The highest BCUT2D eigenvalue weighted by Gasteiger charge is 2.66. The number of hydrogen-bond acceptors (Lipinski definition) is 4. The Kier molecular flexibility index (Phi) is 5.88. The Morgan fingerprint density at radius 1 is 0.963 bits per heavy atom. The van der Waals surface area contributed by atoms with Crippen LogP contribution in [0.25, 0.3) is 0 Å². The first-order chi connectivity index (χ1) is 12.7. The number of carbonyl (C=O) groups is 2. The lowest BCUT2D eigenvalue weighted by molar-refractivity contribution is -0.258. The molecule has 2 rings (SSSR count). The Hall–Kier alpha value is -3.30. The minimum Gasteiger partial charge on any atom is -0.464 e. The maximum atomic E-state index is 13.7. The van der Waals surface area contributed by atoms with Crippen molar-refractivity contribution in [2.45, 2.75) is 11.9 Å². The van der Waals surface area contributed by atoms with Gasteiger partial charge in [-0.25, -0.2) is 14.0 Å². The van der Waals surface area contributed by atoms with Crippen molar-refractivity contribution in [3.8, 4) is 5.75 Å². The Bertz CT molecular complexity index is 797. The van der Waals surface area contributed by atoms with Gasteiger partial charge in [-0.05, 0) is 36.4 Å². The molecule has 2 aromatic rings. The molecule has 0 aromatic heterocycles. The molecule has 0 spiro atoms. The lowest BCUT2D eigenvalue weighted by atomic mass is 10.2. The maximum Gasteiger partial charge on any atom is 0.460 e. The average Bonchev–Trinajstić information content (AvgIpc) is 2.62. The number of halogens is 4. The fourth-order valence-corrected chi connectivity index (χ4v) is 2.03. The predicted octanol–water partition coefficient (Wildman–Crippen LogP) is 3.46. The van der Waals surface area contributed by atoms with Crippen LogP contribution in [0.3, 0.4) is 0 Å². The molecule has 27 heavy (non-hydrogen) atoms. The quantitative estimate of drug-likeness (QED) is 0.469. The molecular weight excluding hydrogens is 372 g/mol. The van der Waals surface area contributed by atoms with E-state index >= 15 is 0 Å². The standard InChI is InChI=1S/C17H14F4N2O4/c1-26-14(24)16(17(19,20)21,27-13-5-3-2-4-6-13)23-15(25)22-12-9-7-11(18)8-10-12/h2-10H,1H3,(H2,22,23,25).